The summed E-state index contributed by atoms with van der Waals surface area (Å²) in [4.78, 5) is 0. The van der Waals surface area contributed by atoms with Crippen LogP contribution in [0.2, 0.25) is 0 Å². The van der Waals surface area contributed by atoms with Crippen LogP contribution >= 0.6 is 0 Å². The number of hydrogen-bond donors (Lipinski definition) is 1. The van der Waals surface area contributed by atoms with Crippen LogP contribution in [-0.4, -0.2) is 15.5 Å². The summed E-state index contributed by atoms with van der Waals surface area (Å²) in [5.74, 6) is 0. The van der Waals surface area contributed by atoms with E-state index < -0.39 is 16.1 Å². The monoisotopic (exact) mass is 186 g/mol. The minimum atomic E-state index is -2.56. The zero-order valence-corrected chi connectivity index (χ0v) is 7.53. The van der Waals surface area contributed by atoms with Crippen molar-refractivity contribution >= 4 is 10.7 Å². The van der Waals surface area contributed by atoms with Crippen molar-refractivity contribution in [3.63, 3.8) is 0 Å². The molecule has 1 rings (SSSR count). The minimum absolute atomic E-state index is 0.663. The molecule has 0 saturated heterocycles. The molecule has 1 aromatic rings. The number of benzene rings is 1. The quantitative estimate of drug-likeness (QED) is 0.714. The molecule has 0 aliphatic heterocycles. The van der Waals surface area contributed by atoms with Crippen LogP contribution in [0.1, 0.15) is 11.0 Å². The Kier molecular flexibility index (Phi) is 3.25. The molecule has 0 heterocycles. The fraction of sp³-hybridized carbons (Fsp3) is 0.250. The number of thiol groups is 1. The average Bonchev–Trinajstić information content (AvgIpc) is 2.07. The predicted octanol–water partition coefficient (Wildman–Crippen LogP) is 0.943. The highest BCUT2D eigenvalue weighted by molar-refractivity contribution is 7.72. The van der Waals surface area contributed by atoms with E-state index in [9.17, 15) is 8.42 Å². The SMILES string of the molecule is COC(c1ccccc1)[SH](=O)=O. The van der Waals surface area contributed by atoms with Gasteiger partial charge >= 0.3 is 0 Å². The molecule has 0 spiro atoms. The van der Waals surface area contributed by atoms with E-state index in [1.54, 1.807) is 24.3 Å². The molecule has 0 bridgehead atoms. The van der Waals surface area contributed by atoms with Crippen molar-refractivity contribution in [2.24, 2.45) is 0 Å². The molecule has 0 aromatic heterocycles. The van der Waals surface area contributed by atoms with E-state index in [0.717, 1.165) is 0 Å². The summed E-state index contributed by atoms with van der Waals surface area (Å²) in [7, 11) is -1.18. The van der Waals surface area contributed by atoms with Gasteiger partial charge in [0.2, 0.25) is 0 Å². The predicted molar refractivity (Wildman–Crippen MR) is 46.5 cm³/mol. The van der Waals surface area contributed by atoms with Crippen molar-refractivity contribution in [1.29, 1.82) is 0 Å². The smallest absolute Gasteiger partial charge is 0.180 e. The maximum atomic E-state index is 10.6. The Hall–Kier alpha value is -0.870. The van der Waals surface area contributed by atoms with E-state index in [1.807, 2.05) is 6.07 Å². The second kappa shape index (κ2) is 4.23. The van der Waals surface area contributed by atoms with E-state index >= 15 is 0 Å². The molecular weight excluding hydrogens is 176 g/mol. The molecule has 4 heteroatoms. The third-order valence-electron chi connectivity index (χ3n) is 1.50. The molecule has 1 unspecified atom stereocenters. The lowest BCUT2D eigenvalue weighted by molar-refractivity contribution is 0.169. The van der Waals surface area contributed by atoms with Crippen molar-refractivity contribution in [2.75, 3.05) is 7.11 Å². The first-order valence-electron chi connectivity index (χ1n) is 3.47. The first kappa shape index (κ1) is 9.22. The van der Waals surface area contributed by atoms with Gasteiger partial charge in [0.1, 0.15) is 0 Å². The van der Waals surface area contributed by atoms with Crippen LogP contribution in [0.4, 0.5) is 0 Å². The lowest BCUT2D eigenvalue weighted by Gasteiger charge is -2.07. The van der Waals surface area contributed by atoms with Gasteiger partial charge in [0.05, 0.1) is 0 Å². The maximum Gasteiger partial charge on any atom is 0.180 e. The lowest BCUT2D eigenvalue weighted by atomic mass is 10.2. The van der Waals surface area contributed by atoms with Crippen molar-refractivity contribution < 1.29 is 13.2 Å². The molecule has 0 aliphatic rings. The largest absolute Gasteiger partial charge is 0.361 e. The molecule has 0 saturated carbocycles. The highest BCUT2D eigenvalue weighted by Crippen LogP contribution is 2.15. The van der Waals surface area contributed by atoms with Gasteiger partial charge in [-0.3, -0.25) is 0 Å². The van der Waals surface area contributed by atoms with Gasteiger partial charge in [0.25, 0.3) is 0 Å². The maximum absolute atomic E-state index is 10.6. The molecular formula is C8H10O3S. The molecule has 0 radical (unpaired) electrons. The molecule has 12 heavy (non-hydrogen) atoms. The molecule has 1 aromatic carbocycles. The lowest BCUT2D eigenvalue weighted by Crippen LogP contribution is -2.02. The number of hydrogen-bond acceptors (Lipinski definition) is 3. The second-order valence-corrected chi connectivity index (χ2v) is 3.32. The van der Waals surface area contributed by atoms with Gasteiger partial charge in [-0.05, 0) is 5.56 Å². The number of ether oxygens (including phenoxy) is 1. The zero-order chi connectivity index (χ0) is 8.97. The van der Waals surface area contributed by atoms with E-state index in [1.165, 1.54) is 7.11 Å². The van der Waals surface area contributed by atoms with Crippen LogP contribution in [0.5, 0.6) is 0 Å². The van der Waals surface area contributed by atoms with Crippen molar-refractivity contribution in [2.45, 2.75) is 5.44 Å². The normalized spacial score (nSPS) is 13.2. The Morgan fingerprint density at radius 2 is 1.83 bits per heavy atom. The Morgan fingerprint density at radius 3 is 2.25 bits per heavy atom. The average molecular weight is 186 g/mol. The summed E-state index contributed by atoms with van der Waals surface area (Å²) in [5.41, 5.74) is -0.155. The first-order chi connectivity index (χ1) is 5.75. The molecule has 0 amide bonds. The fourth-order valence-corrected chi connectivity index (χ4v) is 1.55. The number of methoxy groups -OCH3 is 1. The van der Waals surface area contributed by atoms with Crippen LogP contribution in [0.25, 0.3) is 0 Å². The summed E-state index contributed by atoms with van der Waals surface area (Å²) in [6.45, 7) is 0. The van der Waals surface area contributed by atoms with Gasteiger partial charge < -0.3 is 4.74 Å². The second-order valence-electron chi connectivity index (χ2n) is 2.28. The summed E-state index contributed by atoms with van der Waals surface area (Å²) in [5, 5.41) is 0. The molecule has 66 valence electrons. The van der Waals surface area contributed by atoms with Crippen molar-refractivity contribution in [3.05, 3.63) is 35.9 Å². The highest BCUT2D eigenvalue weighted by Gasteiger charge is 2.11. The van der Waals surface area contributed by atoms with Gasteiger partial charge in [-0.25, -0.2) is 8.42 Å². The van der Waals surface area contributed by atoms with E-state index in [0.29, 0.717) is 5.56 Å². The van der Waals surface area contributed by atoms with Gasteiger partial charge in [-0.2, -0.15) is 0 Å². The van der Waals surface area contributed by atoms with Crippen LogP contribution in [0.3, 0.4) is 0 Å². The third kappa shape index (κ3) is 2.06. The topological polar surface area (TPSA) is 43.4 Å². The van der Waals surface area contributed by atoms with E-state index in [-0.39, 0.29) is 0 Å². The first-order valence-corrected chi connectivity index (χ1v) is 4.71. The van der Waals surface area contributed by atoms with Crippen molar-refractivity contribution in [1.82, 2.24) is 0 Å². The molecule has 0 fully saturated rings. The highest BCUT2D eigenvalue weighted by atomic mass is 32.2. The van der Waals surface area contributed by atoms with Crippen LogP contribution in [0.15, 0.2) is 30.3 Å². The number of rotatable bonds is 3. The van der Waals surface area contributed by atoms with Gasteiger partial charge in [0, 0.05) is 7.11 Å². The molecule has 0 aliphatic carbocycles. The van der Waals surface area contributed by atoms with Crippen molar-refractivity contribution in [3.8, 4) is 0 Å². The Labute approximate surface area is 72.9 Å². The standard InChI is InChI=1S/C8H10O3S/c1-11-8(12(9)10)7-5-3-2-4-6-7/h2-6,8,12H,1H3. The Balaban J connectivity index is 2.95. The molecule has 0 N–H and O–H groups in total. The molecule has 1 atom stereocenters. The van der Waals surface area contributed by atoms with Gasteiger partial charge in [-0.1, -0.05) is 30.3 Å². The summed E-state index contributed by atoms with van der Waals surface area (Å²) < 4.78 is 26.1. The third-order valence-corrected chi connectivity index (χ3v) is 2.39. The minimum Gasteiger partial charge on any atom is -0.361 e. The molecule has 3 nitrogen and oxygen atoms in total. The van der Waals surface area contributed by atoms with Crippen LogP contribution < -0.4 is 0 Å². The van der Waals surface area contributed by atoms with Crippen LogP contribution in [0, 0.1) is 0 Å². The zero-order valence-electron chi connectivity index (χ0n) is 6.64. The van der Waals surface area contributed by atoms with Crippen LogP contribution in [-0.2, 0) is 15.4 Å². The van der Waals surface area contributed by atoms with Gasteiger partial charge in [0.15, 0.2) is 16.1 Å². The Bertz CT molecular complexity index is 297. The summed E-state index contributed by atoms with van der Waals surface area (Å²) in [6, 6.07) is 8.83. The van der Waals surface area contributed by atoms with E-state index in [2.05, 4.69) is 0 Å². The van der Waals surface area contributed by atoms with E-state index in [4.69, 9.17) is 4.74 Å². The fourth-order valence-electron chi connectivity index (χ4n) is 0.962. The summed E-state index contributed by atoms with van der Waals surface area (Å²) >= 11 is 0. The van der Waals surface area contributed by atoms with Gasteiger partial charge in [-0.15, -0.1) is 0 Å². The Morgan fingerprint density at radius 1 is 1.25 bits per heavy atom. The summed E-state index contributed by atoms with van der Waals surface area (Å²) in [6.07, 6.45) is 0.